The van der Waals surface area contributed by atoms with Crippen molar-refractivity contribution >= 4 is 0 Å². The lowest BCUT2D eigenvalue weighted by molar-refractivity contribution is 0.132. The minimum absolute atomic E-state index is 0.101. The van der Waals surface area contributed by atoms with Crippen LogP contribution in [0.5, 0.6) is 0 Å². The summed E-state index contributed by atoms with van der Waals surface area (Å²) in [5.41, 5.74) is 0. The fourth-order valence-electron chi connectivity index (χ4n) is 2.19. The zero-order chi connectivity index (χ0) is 9.52. The molecule has 1 heteroatoms. The van der Waals surface area contributed by atoms with Crippen LogP contribution in [-0.2, 0) is 0 Å². The Hall–Kier alpha value is -0.480. The maximum Gasteiger partial charge on any atom is 0.0543 e. The molecule has 1 N–H and O–H groups in total. The third-order valence-electron chi connectivity index (χ3n) is 2.94. The van der Waals surface area contributed by atoms with Gasteiger partial charge in [-0.3, -0.25) is 0 Å². The minimum atomic E-state index is -0.101. The van der Waals surface area contributed by atoms with Gasteiger partial charge in [-0.05, 0) is 25.2 Å². The molecule has 0 radical (unpaired) electrons. The van der Waals surface area contributed by atoms with E-state index < -0.39 is 0 Å². The van der Waals surface area contributed by atoms with Gasteiger partial charge in [0.15, 0.2) is 0 Å². The molecule has 1 saturated carbocycles. The van der Waals surface area contributed by atoms with Crippen molar-refractivity contribution in [2.75, 3.05) is 0 Å². The van der Waals surface area contributed by atoms with Crippen molar-refractivity contribution in [3.63, 3.8) is 0 Å². The predicted octanol–water partition coefficient (Wildman–Crippen LogP) is 2.73. The van der Waals surface area contributed by atoms with Crippen molar-refractivity contribution < 1.29 is 5.11 Å². The molecular formula is C12H20O. The molecule has 13 heavy (non-hydrogen) atoms. The Morgan fingerprint density at radius 3 is 2.69 bits per heavy atom. The molecule has 0 amide bonds. The highest BCUT2D eigenvalue weighted by Gasteiger charge is 2.18. The van der Waals surface area contributed by atoms with Crippen molar-refractivity contribution in [2.45, 2.75) is 57.5 Å². The monoisotopic (exact) mass is 180 g/mol. The zero-order valence-corrected chi connectivity index (χ0v) is 8.34. The van der Waals surface area contributed by atoms with E-state index in [1.165, 1.54) is 25.7 Å². The third kappa shape index (κ3) is 4.33. The quantitative estimate of drug-likeness (QED) is 0.509. The summed E-state index contributed by atoms with van der Waals surface area (Å²) in [5, 5.41) is 9.67. The molecule has 74 valence electrons. The fraction of sp³-hybridized carbons (Fsp3) is 0.833. The first-order chi connectivity index (χ1) is 6.33. The molecule has 1 atom stereocenters. The van der Waals surface area contributed by atoms with Gasteiger partial charge in [-0.15, -0.1) is 12.3 Å². The first-order valence-corrected chi connectivity index (χ1v) is 5.44. The van der Waals surface area contributed by atoms with E-state index >= 15 is 0 Å². The van der Waals surface area contributed by atoms with Gasteiger partial charge in [0.2, 0.25) is 0 Å². The number of hydrogen-bond acceptors (Lipinski definition) is 1. The van der Waals surface area contributed by atoms with Crippen LogP contribution in [0.1, 0.15) is 51.4 Å². The van der Waals surface area contributed by atoms with Gasteiger partial charge >= 0.3 is 0 Å². The van der Waals surface area contributed by atoms with Gasteiger partial charge in [-0.2, -0.15) is 0 Å². The van der Waals surface area contributed by atoms with E-state index in [0.717, 1.165) is 31.6 Å². The first-order valence-electron chi connectivity index (χ1n) is 5.44. The maximum atomic E-state index is 9.67. The lowest BCUT2D eigenvalue weighted by Crippen LogP contribution is -2.11. The van der Waals surface area contributed by atoms with Gasteiger partial charge < -0.3 is 5.11 Å². The molecule has 0 aromatic carbocycles. The van der Waals surface area contributed by atoms with Gasteiger partial charge in [-0.1, -0.05) is 25.7 Å². The summed E-state index contributed by atoms with van der Waals surface area (Å²) in [6.45, 7) is 0. The van der Waals surface area contributed by atoms with Crippen LogP contribution >= 0.6 is 0 Å². The number of aliphatic hydroxyl groups excluding tert-OH is 1. The Morgan fingerprint density at radius 2 is 2.08 bits per heavy atom. The zero-order valence-electron chi connectivity index (χ0n) is 8.34. The predicted molar refractivity (Wildman–Crippen MR) is 55.3 cm³/mol. The van der Waals surface area contributed by atoms with E-state index in [1.54, 1.807) is 0 Å². The number of aliphatic hydroxyl groups is 1. The van der Waals surface area contributed by atoms with Gasteiger partial charge in [0.1, 0.15) is 0 Å². The molecule has 1 rings (SSSR count). The average molecular weight is 180 g/mol. The molecule has 0 bridgehead atoms. The number of hydrogen-bond donors (Lipinski definition) is 1. The molecule has 0 aromatic rings. The second-order valence-corrected chi connectivity index (χ2v) is 4.14. The SMILES string of the molecule is C#CCCCC(O)CC1CCCC1. The summed E-state index contributed by atoms with van der Waals surface area (Å²) >= 11 is 0. The first kappa shape index (κ1) is 10.6. The second kappa shape index (κ2) is 6.05. The van der Waals surface area contributed by atoms with Gasteiger partial charge in [-0.25, -0.2) is 0 Å². The molecular weight excluding hydrogens is 160 g/mol. The largest absolute Gasteiger partial charge is 0.393 e. The number of terminal acetylenes is 1. The van der Waals surface area contributed by atoms with Crippen LogP contribution in [0.15, 0.2) is 0 Å². The molecule has 1 aliphatic rings. The average Bonchev–Trinajstić information content (AvgIpc) is 2.57. The Bertz CT molecular complexity index is 162. The van der Waals surface area contributed by atoms with E-state index in [4.69, 9.17) is 6.42 Å². The summed E-state index contributed by atoms with van der Waals surface area (Å²) in [6, 6.07) is 0. The van der Waals surface area contributed by atoms with Crippen molar-refractivity contribution in [2.24, 2.45) is 5.92 Å². The Balaban J connectivity index is 2.03. The van der Waals surface area contributed by atoms with E-state index in [-0.39, 0.29) is 6.10 Å². The topological polar surface area (TPSA) is 20.2 Å². The molecule has 1 fully saturated rings. The summed E-state index contributed by atoms with van der Waals surface area (Å²) in [5.74, 6) is 3.40. The van der Waals surface area contributed by atoms with Crippen molar-refractivity contribution in [1.29, 1.82) is 0 Å². The van der Waals surface area contributed by atoms with Crippen LogP contribution in [0.2, 0.25) is 0 Å². The van der Waals surface area contributed by atoms with E-state index in [9.17, 15) is 5.11 Å². The van der Waals surface area contributed by atoms with E-state index in [2.05, 4.69) is 5.92 Å². The third-order valence-corrected chi connectivity index (χ3v) is 2.94. The normalized spacial score (nSPS) is 20.0. The molecule has 1 nitrogen and oxygen atoms in total. The van der Waals surface area contributed by atoms with Crippen molar-refractivity contribution in [3.8, 4) is 12.3 Å². The molecule has 0 spiro atoms. The smallest absolute Gasteiger partial charge is 0.0543 e. The standard InChI is InChI=1S/C12H20O/c1-2-3-4-9-12(13)10-11-7-5-6-8-11/h1,11-13H,3-10H2. The molecule has 0 saturated heterocycles. The highest BCUT2D eigenvalue weighted by Crippen LogP contribution is 2.29. The number of unbranched alkanes of at least 4 members (excludes halogenated alkanes) is 1. The molecule has 1 unspecified atom stereocenters. The highest BCUT2D eigenvalue weighted by atomic mass is 16.3. The molecule has 0 heterocycles. The van der Waals surface area contributed by atoms with Crippen LogP contribution < -0.4 is 0 Å². The van der Waals surface area contributed by atoms with E-state index in [1.807, 2.05) is 0 Å². The van der Waals surface area contributed by atoms with Crippen molar-refractivity contribution in [3.05, 3.63) is 0 Å². The summed E-state index contributed by atoms with van der Waals surface area (Å²) in [6.07, 6.45) is 14.1. The van der Waals surface area contributed by atoms with Crippen LogP contribution in [0.25, 0.3) is 0 Å². The second-order valence-electron chi connectivity index (χ2n) is 4.14. The summed E-state index contributed by atoms with van der Waals surface area (Å²) in [7, 11) is 0. The minimum Gasteiger partial charge on any atom is -0.393 e. The Labute approximate surface area is 81.5 Å². The summed E-state index contributed by atoms with van der Waals surface area (Å²) < 4.78 is 0. The van der Waals surface area contributed by atoms with Gasteiger partial charge in [0, 0.05) is 6.42 Å². The van der Waals surface area contributed by atoms with Crippen LogP contribution in [0.4, 0.5) is 0 Å². The Kier molecular flexibility index (Phi) is 4.93. The lowest BCUT2D eigenvalue weighted by atomic mass is 9.97. The maximum absolute atomic E-state index is 9.67. The summed E-state index contributed by atoms with van der Waals surface area (Å²) in [4.78, 5) is 0. The molecule has 1 aliphatic carbocycles. The van der Waals surface area contributed by atoms with Gasteiger partial charge in [0.25, 0.3) is 0 Å². The molecule has 0 aromatic heterocycles. The van der Waals surface area contributed by atoms with Crippen LogP contribution in [0, 0.1) is 18.3 Å². The van der Waals surface area contributed by atoms with Crippen molar-refractivity contribution in [1.82, 2.24) is 0 Å². The Morgan fingerprint density at radius 1 is 1.38 bits per heavy atom. The fourth-order valence-corrected chi connectivity index (χ4v) is 2.19. The van der Waals surface area contributed by atoms with Crippen LogP contribution in [0.3, 0.4) is 0 Å². The number of rotatable bonds is 5. The highest BCUT2D eigenvalue weighted by molar-refractivity contribution is 4.83. The van der Waals surface area contributed by atoms with Crippen LogP contribution in [-0.4, -0.2) is 11.2 Å². The van der Waals surface area contributed by atoms with E-state index in [0.29, 0.717) is 0 Å². The van der Waals surface area contributed by atoms with Gasteiger partial charge in [0.05, 0.1) is 6.10 Å². The molecule has 0 aliphatic heterocycles. The lowest BCUT2D eigenvalue weighted by Gasteiger charge is -2.14.